The number of aromatic carboxylic acids is 1. The van der Waals surface area contributed by atoms with Crippen molar-refractivity contribution in [1.82, 2.24) is 4.98 Å². The number of pyridine rings is 1. The summed E-state index contributed by atoms with van der Waals surface area (Å²) in [5.41, 5.74) is 0.861. The first kappa shape index (κ1) is 14.3. The molecule has 0 saturated carbocycles. The standard InChI is InChI=1S/C16H19NO3/c1-11(2)6-5-9-20-14-10-17-13-8-4-3-7-12(13)15(14)16(18)19/h3-4,7-8,10-11H,5-6,9H2,1-2H3,(H,18,19). The number of hydrogen-bond acceptors (Lipinski definition) is 3. The third-order valence-corrected chi connectivity index (χ3v) is 3.14. The summed E-state index contributed by atoms with van der Waals surface area (Å²) in [5.74, 6) is -0.0188. The SMILES string of the molecule is CC(C)CCCOc1cnc2ccccc2c1C(=O)O. The lowest BCUT2D eigenvalue weighted by Gasteiger charge is -2.11. The minimum Gasteiger partial charge on any atom is -0.491 e. The van der Waals surface area contributed by atoms with Gasteiger partial charge in [0.25, 0.3) is 0 Å². The molecule has 1 N–H and O–H groups in total. The molecule has 1 heterocycles. The summed E-state index contributed by atoms with van der Waals surface area (Å²) in [6.45, 7) is 4.82. The second kappa shape index (κ2) is 6.37. The predicted molar refractivity (Wildman–Crippen MR) is 78.3 cm³/mol. The first-order chi connectivity index (χ1) is 9.59. The van der Waals surface area contributed by atoms with E-state index in [2.05, 4.69) is 18.8 Å². The molecule has 0 amide bonds. The molecule has 4 nitrogen and oxygen atoms in total. The van der Waals surface area contributed by atoms with Crippen molar-refractivity contribution in [2.75, 3.05) is 6.61 Å². The lowest BCUT2D eigenvalue weighted by Crippen LogP contribution is -2.07. The number of aromatic nitrogens is 1. The Morgan fingerprint density at radius 1 is 1.35 bits per heavy atom. The highest BCUT2D eigenvalue weighted by Crippen LogP contribution is 2.26. The molecule has 0 fully saturated rings. The molecule has 0 spiro atoms. The Kier molecular flexibility index (Phi) is 4.56. The Labute approximate surface area is 118 Å². The van der Waals surface area contributed by atoms with Gasteiger partial charge in [-0.1, -0.05) is 32.0 Å². The Hall–Kier alpha value is -2.10. The summed E-state index contributed by atoms with van der Waals surface area (Å²) in [6, 6.07) is 7.19. The van der Waals surface area contributed by atoms with Crippen LogP contribution in [-0.4, -0.2) is 22.7 Å². The van der Waals surface area contributed by atoms with Gasteiger partial charge in [0.2, 0.25) is 0 Å². The average molecular weight is 273 g/mol. The third-order valence-electron chi connectivity index (χ3n) is 3.14. The fraction of sp³-hybridized carbons (Fsp3) is 0.375. The van der Waals surface area contributed by atoms with E-state index in [1.165, 1.54) is 6.20 Å². The quantitative estimate of drug-likeness (QED) is 0.814. The minimum atomic E-state index is -0.984. The molecule has 1 aromatic carbocycles. The number of para-hydroxylation sites is 1. The topological polar surface area (TPSA) is 59.4 Å². The van der Waals surface area contributed by atoms with E-state index in [4.69, 9.17) is 4.74 Å². The van der Waals surface area contributed by atoms with Gasteiger partial charge in [-0.25, -0.2) is 4.79 Å². The summed E-state index contributed by atoms with van der Waals surface area (Å²) in [6.07, 6.45) is 3.47. The van der Waals surface area contributed by atoms with E-state index in [1.54, 1.807) is 18.2 Å². The van der Waals surface area contributed by atoms with Crippen LogP contribution < -0.4 is 4.74 Å². The normalized spacial score (nSPS) is 10.9. The van der Waals surface area contributed by atoms with Gasteiger partial charge < -0.3 is 9.84 Å². The van der Waals surface area contributed by atoms with Crippen LogP contribution >= 0.6 is 0 Å². The van der Waals surface area contributed by atoms with Crippen molar-refractivity contribution in [3.63, 3.8) is 0 Å². The number of carboxylic acids is 1. The highest BCUT2D eigenvalue weighted by molar-refractivity contribution is 6.04. The lowest BCUT2D eigenvalue weighted by atomic mass is 10.1. The lowest BCUT2D eigenvalue weighted by molar-refractivity contribution is 0.0694. The molecule has 4 heteroatoms. The van der Waals surface area contributed by atoms with E-state index in [0.29, 0.717) is 29.2 Å². The number of nitrogens with zero attached hydrogens (tertiary/aromatic N) is 1. The van der Waals surface area contributed by atoms with Crippen molar-refractivity contribution in [3.8, 4) is 5.75 Å². The number of rotatable bonds is 6. The number of carboxylic acid groups (broad SMARTS) is 1. The molecular formula is C16H19NO3. The first-order valence-electron chi connectivity index (χ1n) is 6.83. The number of ether oxygens (including phenoxy) is 1. The average Bonchev–Trinajstić information content (AvgIpc) is 2.42. The molecule has 0 atom stereocenters. The predicted octanol–water partition coefficient (Wildman–Crippen LogP) is 3.75. The van der Waals surface area contributed by atoms with Crippen LogP contribution in [0.4, 0.5) is 0 Å². The van der Waals surface area contributed by atoms with Crippen LogP contribution in [0.3, 0.4) is 0 Å². The smallest absolute Gasteiger partial charge is 0.340 e. The highest BCUT2D eigenvalue weighted by Gasteiger charge is 2.16. The first-order valence-corrected chi connectivity index (χ1v) is 6.83. The monoisotopic (exact) mass is 273 g/mol. The van der Waals surface area contributed by atoms with E-state index in [0.717, 1.165) is 12.8 Å². The van der Waals surface area contributed by atoms with Crippen LogP contribution in [0.5, 0.6) is 5.75 Å². The number of carbonyl (C=O) groups is 1. The van der Waals surface area contributed by atoms with E-state index < -0.39 is 5.97 Å². The van der Waals surface area contributed by atoms with Crippen LogP contribution in [0.15, 0.2) is 30.5 Å². The van der Waals surface area contributed by atoms with Crippen molar-refractivity contribution in [2.45, 2.75) is 26.7 Å². The van der Waals surface area contributed by atoms with Gasteiger partial charge in [-0.3, -0.25) is 4.98 Å². The number of benzene rings is 1. The third kappa shape index (κ3) is 3.26. The van der Waals surface area contributed by atoms with Crippen molar-refractivity contribution < 1.29 is 14.6 Å². The van der Waals surface area contributed by atoms with Gasteiger partial charge in [0.15, 0.2) is 5.75 Å². The van der Waals surface area contributed by atoms with Crippen molar-refractivity contribution >= 4 is 16.9 Å². The van der Waals surface area contributed by atoms with Gasteiger partial charge in [0, 0.05) is 5.39 Å². The Balaban J connectivity index is 2.24. The van der Waals surface area contributed by atoms with Gasteiger partial charge in [-0.05, 0) is 24.8 Å². The Morgan fingerprint density at radius 2 is 2.10 bits per heavy atom. The van der Waals surface area contributed by atoms with Crippen molar-refractivity contribution in [3.05, 3.63) is 36.0 Å². The van der Waals surface area contributed by atoms with E-state index in [9.17, 15) is 9.90 Å². The summed E-state index contributed by atoms with van der Waals surface area (Å²) in [4.78, 5) is 15.7. The van der Waals surface area contributed by atoms with Gasteiger partial charge in [0.1, 0.15) is 5.56 Å². The molecule has 0 aliphatic heterocycles. The van der Waals surface area contributed by atoms with Crippen LogP contribution in [0, 0.1) is 5.92 Å². The van der Waals surface area contributed by atoms with Crippen LogP contribution in [0.2, 0.25) is 0 Å². The minimum absolute atomic E-state index is 0.195. The molecule has 0 aliphatic rings. The molecule has 1 aromatic heterocycles. The summed E-state index contributed by atoms with van der Waals surface area (Å²) in [5, 5.41) is 10.0. The number of fused-ring (bicyclic) bond motifs is 1. The molecule has 0 aliphatic carbocycles. The maximum atomic E-state index is 11.5. The molecular weight excluding hydrogens is 254 g/mol. The van der Waals surface area contributed by atoms with Crippen LogP contribution in [0.1, 0.15) is 37.0 Å². The highest BCUT2D eigenvalue weighted by atomic mass is 16.5. The van der Waals surface area contributed by atoms with Gasteiger partial charge >= 0.3 is 5.97 Å². The Bertz CT molecular complexity index is 608. The number of hydrogen-bond donors (Lipinski definition) is 1. The molecule has 2 rings (SSSR count). The van der Waals surface area contributed by atoms with E-state index >= 15 is 0 Å². The van der Waals surface area contributed by atoms with E-state index in [1.807, 2.05) is 6.07 Å². The van der Waals surface area contributed by atoms with E-state index in [-0.39, 0.29) is 5.56 Å². The zero-order valence-corrected chi connectivity index (χ0v) is 11.8. The Morgan fingerprint density at radius 3 is 2.80 bits per heavy atom. The summed E-state index contributed by atoms with van der Waals surface area (Å²) >= 11 is 0. The molecule has 20 heavy (non-hydrogen) atoms. The zero-order valence-electron chi connectivity index (χ0n) is 11.8. The fourth-order valence-electron chi connectivity index (χ4n) is 2.13. The van der Waals surface area contributed by atoms with Crippen LogP contribution in [-0.2, 0) is 0 Å². The summed E-state index contributed by atoms with van der Waals surface area (Å²) < 4.78 is 5.61. The van der Waals surface area contributed by atoms with Crippen molar-refractivity contribution in [1.29, 1.82) is 0 Å². The van der Waals surface area contributed by atoms with Crippen molar-refractivity contribution in [2.24, 2.45) is 5.92 Å². The van der Waals surface area contributed by atoms with Crippen LogP contribution in [0.25, 0.3) is 10.9 Å². The molecule has 0 bridgehead atoms. The molecule has 106 valence electrons. The van der Waals surface area contributed by atoms with Gasteiger partial charge in [-0.15, -0.1) is 0 Å². The summed E-state index contributed by atoms with van der Waals surface area (Å²) in [7, 11) is 0. The molecule has 2 aromatic rings. The maximum Gasteiger partial charge on any atom is 0.340 e. The fourth-order valence-corrected chi connectivity index (χ4v) is 2.13. The largest absolute Gasteiger partial charge is 0.491 e. The zero-order chi connectivity index (χ0) is 14.5. The maximum absolute atomic E-state index is 11.5. The molecule has 0 unspecified atom stereocenters. The second-order valence-corrected chi connectivity index (χ2v) is 5.20. The molecule has 0 radical (unpaired) electrons. The van der Waals surface area contributed by atoms with Gasteiger partial charge in [0.05, 0.1) is 18.3 Å². The molecule has 0 saturated heterocycles. The second-order valence-electron chi connectivity index (χ2n) is 5.20. The van der Waals surface area contributed by atoms with Gasteiger partial charge in [-0.2, -0.15) is 0 Å².